The number of allylic oxidation sites excluding steroid dienone is 1. The first-order valence-electron chi connectivity index (χ1n) is 8.28. The maximum Gasteiger partial charge on any atom is 0.205 e. The average Bonchev–Trinajstić information content (AvgIpc) is 2.94. The molecule has 5 heteroatoms. The Balaban J connectivity index is 2.06. The van der Waals surface area contributed by atoms with Crippen LogP contribution in [-0.4, -0.2) is 10.4 Å². The topological polar surface area (TPSA) is 45.8 Å². The van der Waals surface area contributed by atoms with Gasteiger partial charge in [-0.1, -0.05) is 40.2 Å². The summed E-state index contributed by atoms with van der Waals surface area (Å²) in [7, 11) is 0. The van der Waals surface area contributed by atoms with Crippen molar-refractivity contribution in [2.24, 2.45) is 0 Å². The number of aromatic nitrogens is 1. The summed E-state index contributed by atoms with van der Waals surface area (Å²) in [5.74, 6) is -0.753. The van der Waals surface area contributed by atoms with Crippen LogP contribution in [0.2, 0.25) is 0 Å². The highest BCUT2D eigenvalue weighted by Crippen LogP contribution is 2.25. The van der Waals surface area contributed by atoms with Gasteiger partial charge in [0, 0.05) is 21.4 Å². The van der Waals surface area contributed by atoms with E-state index in [-0.39, 0.29) is 17.2 Å². The molecule has 0 amide bonds. The van der Waals surface area contributed by atoms with E-state index in [4.69, 9.17) is 0 Å². The molecule has 0 N–H and O–H groups in total. The largest absolute Gasteiger partial charge is 0.315 e. The number of nitriles is 1. The second-order valence-corrected chi connectivity index (χ2v) is 7.04. The number of rotatable bonds is 4. The van der Waals surface area contributed by atoms with Crippen LogP contribution in [0.4, 0.5) is 4.39 Å². The van der Waals surface area contributed by atoms with Gasteiger partial charge in [-0.05, 0) is 55.8 Å². The van der Waals surface area contributed by atoms with Gasteiger partial charge in [-0.2, -0.15) is 5.26 Å². The normalized spacial score (nSPS) is 11.3. The molecule has 3 nitrogen and oxygen atoms in total. The number of hydrogen-bond acceptors (Lipinski definition) is 2. The van der Waals surface area contributed by atoms with Crippen LogP contribution in [-0.2, 0) is 0 Å². The van der Waals surface area contributed by atoms with Crippen LogP contribution in [0, 0.1) is 31.0 Å². The molecule has 0 atom stereocenters. The van der Waals surface area contributed by atoms with Crippen molar-refractivity contribution < 1.29 is 9.18 Å². The maximum absolute atomic E-state index is 14.2. The van der Waals surface area contributed by atoms with Gasteiger partial charge in [-0.15, -0.1) is 0 Å². The predicted octanol–water partition coefficient (Wildman–Crippen LogP) is 5.79. The summed E-state index contributed by atoms with van der Waals surface area (Å²) in [6.07, 6.45) is 1.56. The van der Waals surface area contributed by atoms with Gasteiger partial charge in [0.05, 0.1) is 5.69 Å². The molecule has 2 aromatic carbocycles. The molecule has 0 unspecified atom stereocenters. The van der Waals surface area contributed by atoms with Gasteiger partial charge < -0.3 is 4.57 Å². The van der Waals surface area contributed by atoms with E-state index in [0.717, 1.165) is 15.7 Å². The van der Waals surface area contributed by atoms with Gasteiger partial charge >= 0.3 is 0 Å². The smallest absolute Gasteiger partial charge is 0.205 e. The molecular formula is C22H16BrFN2O. The third-order valence-corrected chi connectivity index (χ3v) is 4.79. The number of carbonyl (C=O) groups excluding carboxylic acids is 1. The van der Waals surface area contributed by atoms with E-state index in [1.165, 1.54) is 6.07 Å². The van der Waals surface area contributed by atoms with Gasteiger partial charge in [0.25, 0.3) is 0 Å². The number of carbonyl (C=O) groups is 1. The number of nitrogens with zero attached hydrogens (tertiary/aromatic N) is 2. The number of halogens is 2. The first-order valence-corrected chi connectivity index (χ1v) is 9.07. The van der Waals surface area contributed by atoms with E-state index in [9.17, 15) is 14.4 Å². The van der Waals surface area contributed by atoms with E-state index in [1.807, 2.05) is 30.3 Å². The number of Topliss-reactive ketones (excluding diaryl/α,β-unsaturated/α-hetero) is 1. The molecule has 0 aliphatic rings. The molecule has 0 saturated heterocycles. The fourth-order valence-electron chi connectivity index (χ4n) is 3.05. The third kappa shape index (κ3) is 3.76. The standard InChI is InChI=1S/C22H16BrFN2O/c1-14-10-19(15(2)26(14)21-9-4-3-8-20(21)24)22(27)17(13-25)11-16-6-5-7-18(23)12-16/h3-12H,1-2H3. The van der Waals surface area contributed by atoms with Crippen molar-refractivity contribution in [3.63, 3.8) is 0 Å². The molecule has 3 aromatic rings. The van der Waals surface area contributed by atoms with E-state index in [0.29, 0.717) is 16.9 Å². The number of hydrogen-bond donors (Lipinski definition) is 0. The predicted molar refractivity (Wildman–Crippen MR) is 107 cm³/mol. The Morgan fingerprint density at radius 3 is 2.56 bits per heavy atom. The quantitative estimate of drug-likeness (QED) is 0.303. The van der Waals surface area contributed by atoms with E-state index < -0.39 is 0 Å². The minimum atomic E-state index is -0.381. The molecule has 0 aliphatic heterocycles. The Hall–Kier alpha value is -2.97. The number of para-hydroxylation sites is 1. The van der Waals surface area contributed by atoms with Crippen molar-refractivity contribution in [3.8, 4) is 11.8 Å². The van der Waals surface area contributed by atoms with Crippen molar-refractivity contribution in [1.82, 2.24) is 4.57 Å². The second kappa shape index (κ2) is 7.73. The number of ketones is 1. The molecule has 0 spiro atoms. The van der Waals surface area contributed by atoms with Crippen molar-refractivity contribution in [2.45, 2.75) is 13.8 Å². The highest BCUT2D eigenvalue weighted by Gasteiger charge is 2.21. The first-order chi connectivity index (χ1) is 12.9. The Bertz CT molecular complexity index is 1110. The third-order valence-electron chi connectivity index (χ3n) is 4.29. The molecular weight excluding hydrogens is 407 g/mol. The van der Waals surface area contributed by atoms with Crippen LogP contribution >= 0.6 is 15.9 Å². The summed E-state index contributed by atoms with van der Waals surface area (Å²) in [5.41, 5.74) is 2.86. The zero-order valence-corrected chi connectivity index (χ0v) is 16.4. The zero-order valence-electron chi connectivity index (χ0n) is 14.8. The summed E-state index contributed by atoms with van der Waals surface area (Å²) in [4.78, 5) is 13.0. The Morgan fingerprint density at radius 1 is 1.15 bits per heavy atom. The fraction of sp³-hybridized carbons (Fsp3) is 0.0909. The van der Waals surface area contributed by atoms with Gasteiger partial charge in [0.1, 0.15) is 17.5 Å². The van der Waals surface area contributed by atoms with Crippen molar-refractivity contribution in [3.05, 3.63) is 93.0 Å². The van der Waals surface area contributed by atoms with Gasteiger partial charge in [-0.3, -0.25) is 4.79 Å². The van der Waals surface area contributed by atoms with Crippen LogP contribution < -0.4 is 0 Å². The molecule has 0 bridgehead atoms. The van der Waals surface area contributed by atoms with Crippen LogP contribution in [0.25, 0.3) is 11.8 Å². The molecule has 1 aromatic heterocycles. The molecule has 3 rings (SSSR count). The SMILES string of the molecule is Cc1cc(C(=O)C(C#N)=Cc2cccc(Br)c2)c(C)n1-c1ccccc1F. The maximum atomic E-state index is 14.2. The molecule has 0 radical (unpaired) electrons. The monoisotopic (exact) mass is 422 g/mol. The van der Waals surface area contributed by atoms with Crippen molar-refractivity contribution >= 4 is 27.8 Å². The Morgan fingerprint density at radius 2 is 1.89 bits per heavy atom. The summed E-state index contributed by atoms with van der Waals surface area (Å²) >= 11 is 3.38. The summed E-state index contributed by atoms with van der Waals surface area (Å²) in [6.45, 7) is 3.56. The highest BCUT2D eigenvalue weighted by molar-refractivity contribution is 9.10. The molecule has 27 heavy (non-hydrogen) atoms. The molecule has 134 valence electrons. The van der Waals surface area contributed by atoms with Crippen molar-refractivity contribution in [2.75, 3.05) is 0 Å². The van der Waals surface area contributed by atoms with E-state index >= 15 is 0 Å². The molecule has 0 saturated carbocycles. The Labute approximate surface area is 165 Å². The summed E-state index contributed by atoms with van der Waals surface area (Å²) in [5, 5.41) is 9.50. The lowest BCUT2D eigenvalue weighted by Gasteiger charge is -2.10. The van der Waals surface area contributed by atoms with Crippen LogP contribution in [0.3, 0.4) is 0 Å². The number of aryl methyl sites for hydroxylation is 1. The molecule has 1 heterocycles. The lowest BCUT2D eigenvalue weighted by atomic mass is 10.0. The first kappa shape index (κ1) is 18.8. The second-order valence-electron chi connectivity index (χ2n) is 6.13. The summed E-state index contributed by atoms with van der Waals surface area (Å²) < 4.78 is 16.8. The van der Waals surface area contributed by atoms with Gasteiger partial charge in [-0.25, -0.2) is 4.39 Å². The zero-order chi connectivity index (χ0) is 19.6. The fourth-order valence-corrected chi connectivity index (χ4v) is 3.47. The van der Waals surface area contributed by atoms with Crippen molar-refractivity contribution in [1.29, 1.82) is 5.26 Å². The van der Waals surface area contributed by atoms with Gasteiger partial charge in [0.2, 0.25) is 5.78 Å². The average molecular weight is 423 g/mol. The van der Waals surface area contributed by atoms with E-state index in [2.05, 4.69) is 15.9 Å². The highest BCUT2D eigenvalue weighted by atomic mass is 79.9. The van der Waals surface area contributed by atoms with Gasteiger partial charge in [0.15, 0.2) is 0 Å². The van der Waals surface area contributed by atoms with E-state index in [1.54, 1.807) is 48.8 Å². The number of benzene rings is 2. The molecule has 0 aliphatic carbocycles. The van der Waals surface area contributed by atoms with Crippen LogP contribution in [0.5, 0.6) is 0 Å². The summed E-state index contributed by atoms with van der Waals surface area (Å²) in [6, 6.07) is 17.4. The van der Waals surface area contributed by atoms with Crippen LogP contribution in [0.15, 0.2) is 64.6 Å². The minimum absolute atomic E-state index is 0.0295. The minimum Gasteiger partial charge on any atom is -0.315 e. The lowest BCUT2D eigenvalue weighted by molar-refractivity contribution is 0.103. The molecule has 0 fully saturated rings. The Kier molecular flexibility index (Phi) is 5.38. The lowest BCUT2D eigenvalue weighted by Crippen LogP contribution is -2.06. The van der Waals surface area contributed by atoms with Crippen LogP contribution in [0.1, 0.15) is 27.3 Å².